The minimum absolute atomic E-state index is 0.0420. The molecule has 3 N–H and O–H groups in total. The van der Waals surface area contributed by atoms with Crippen molar-refractivity contribution in [2.45, 2.75) is 37.1 Å². The molecule has 0 spiro atoms. The molecule has 1 unspecified atom stereocenters. The lowest BCUT2D eigenvalue weighted by atomic mass is 9.95. The number of piperazine rings is 1. The number of aromatic nitrogens is 3. The maximum Gasteiger partial charge on any atom is 0.262 e. The third-order valence-corrected chi connectivity index (χ3v) is 13.9. The molecule has 3 fully saturated rings. The molecule has 1 aliphatic carbocycles. The Morgan fingerprint density at radius 1 is 0.924 bits per heavy atom. The fourth-order valence-electron chi connectivity index (χ4n) is 8.35. The molecule has 2 saturated heterocycles. The zero-order valence-electron chi connectivity index (χ0n) is 35.5. The summed E-state index contributed by atoms with van der Waals surface area (Å²) in [7, 11) is -3.55. The number of carbonyl (C=O) groups excluding carboxylic acids is 7. The molecule has 6 heterocycles. The van der Waals surface area contributed by atoms with Crippen LogP contribution in [-0.2, 0) is 34.6 Å². The summed E-state index contributed by atoms with van der Waals surface area (Å²) >= 11 is 1.23. The average Bonchev–Trinajstić information content (AvgIpc) is 3.59. The molecule has 3 aromatic heterocycles. The van der Waals surface area contributed by atoms with Crippen molar-refractivity contribution in [2.75, 3.05) is 57.4 Å². The Morgan fingerprint density at radius 3 is 2.42 bits per heavy atom. The van der Waals surface area contributed by atoms with Gasteiger partial charge in [0.2, 0.25) is 33.7 Å². The molecule has 0 radical (unpaired) electrons. The Hall–Kier alpha value is -7.10. The van der Waals surface area contributed by atoms with Gasteiger partial charge >= 0.3 is 0 Å². The normalized spacial score (nSPS) is 18.2. The summed E-state index contributed by atoms with van der Waals surface area (Å²) < 4.78 is 30.3. The number of thiazole rings is 1. The van der Waals surface area contributed by atoms with Crippen LogP contribution in [0.1, 0.15) is 62.5 Å². The third-order valence-electron chi connectivity index (χ3n) is 12.1. The smallest absolute Gasteiger partial charge is 0.262 e. The van der Waals surface area contributed by atoms with E-state index in [4.69, 9.17) is 4.74 Å². The second-order valence-electron chi connectivity index (χ2n) is 16.5. The van der Waals surface area contributed by atoms with Crippen LogP contribution >= 0.6 is 11.3 Å². The SMILES string of the molecule is CS(=O)(=O)n1ccc(C(=O)NCC(=O)Nc2nc(-c3cccc(-c4ccnc(C5(C(=O)N6CCN(CCOc7ccc8c(c7)C(=O)N(C7CCC(=O)NC7=O)C8=O)CC6)CC5)c4)c3)cs2)c1. The number of ether oxygens (including phenoxy) is 1. The van der Waals surface area contributed by atoms with Gasteiger partial charge < -0.3 is 20.3 Å². The van der Waals surface area contributed by atoms with Crippen molar-refractivity contribution < 1.29 is 46.7 Å². The Labute approximate surface area is 382 Å². The topological polar surface area (TPSA) is 239 Å². The predicted octanol–water partition coefficient (Wildman–Crippen LogP) is 2.51. The first-order valence-electron chi connectivity index (χ1n) is 21.2. The van der Waals surface area contributed by atoms with Gasteiger partial charge in [0.25, 0.3) is 17.7 Å². The monoisotopic (exact) mass is 933 g/mol. The molecule has 19 nitrogen and oxygen atoms in total. The molecule has 3 aliphatic heterocycles. The molecule has 0 bridgehead atoms. The van der Waals surface area contributed by atoms with Crippen LogP contribution in [0.25, 0.3) is 22.4 Å². The van der Waals surface area contributed by atoms with Crippen LogP contribution in [0.15, 0.2) is 84.6 Å². The number of imide groups is 2. The zero-order chi connectivity index (χ0) is 46.3. The van der Waals surface area contributed by atoms with Gasteiger partial charge in [-0.2, -0.15) is 0 Å². The third kappa shape index (κ3) is 8.96. The minimum atomic E-state index is -3.55. The van der Waals surface area contributed by atoms with Crippen molar-refractivity contribution >= 4 is 67.8 Å². The van der Waals surface area contributed by atoms with Crippen molar-refractivity contribution in [3.05, 3.63) is 107 Å². The van der Waals surface area contributed by atoms with Gasteiger partial charge in [-0.05, 0) is 72.9 Å². The van der Waals surface area contributed by atoms with Crippen LogP contribution in [-0.4, -0.2) is 137 Å². The second kappa shape index (κ2) is 17.7. The zero-order valence-corrected chi connectivity index (χ0v) is 37.2. The van der Waals surface area contributed by atoms with Crippen molar-refractivity contribution in [3.63, 3.8) is 0 Å². The van der Waals surface area contributed by atoms with Crippen LogP contribution < -0.4 is 20.7 Å². The Bertz CT molecular complexity index is 2940. The Balaban J connectivity index is 0.758. The van der Waals surface area contributed by atoms with Crippen LogP contribution in [0.4, 0.5) is 5.13 Å². The van der Waals surface area contributed by atoms with Crippen molar-refractivity contribution in [3.8, 4) is 28.1 Å². The summed E-state index contributed by atoms with van der Waals surface area (Å²) in [6, 6.07) is 16.6. The predicted molar refractivity (Wildman–Crippen MR) is 239 cm³/mol. The van der Waals surface area contributed by atoms with E-state index in [1.165, 1.54) is 41.9 Å². The average molecular weight is 934 g/mol. The number of fused-ring (bicyclic) bond motifs is 1. The van der Waals surface area contributed by atoms with Gasteiger partial charge in [0.05, 0.1) is 46.3 Å². The number of pyridine rings is 1. The summed E-state index contributed by atoms with van der Waals surface area (Å²) in [5, 5.41) is 9.51. The van der Waals surface area contributed by atoms with E-state index < -0.39 is 56.9 Å². The van der Waals surface area contributed by atoms with E-state index in [0.29, 0.717) is 68.7 Å². The molecule has 4 aliphatic rings. The minimum Gasteiger partial charge on any atom is -0.492 e. The molecular weight excluding hydrogens is 891 g/mol. The van der Waals surface area contributed by atoms with E-state index in [2.05, 4.69) is 30.8 Å². The number of piperidine rings is 1. The lowest BCUT2D eigenvalue weighted by Gasteiger charge is -2.36. The summed E-state index contributed by atoms with van der Waals surface area (Å²) in [5.41, 5.74) is 3.70. The molecule has 2 aromatic carbocycles. The maximum atomic E-state index is 14.1. The fraction of sp³-hybridized carbons (Fsp3) is 0.311. The number of anilines is 1. The van der Waals surface area contributed by atoms with Gasteiger partial charge in [0.1, 0.15) is 18.4 Å². The van der Waals surface area contributed by atoms with Gasteiger partial charge in [-0.25, -0.2) is 13.4 Å². The highest BCUT2D eigenvalue weighted by atomic mass is 32.2. The van der Waals surface area contributed by atoms with Crippen LogP contribution in [0.5, 0.6) is 5.75 Å². The van der Waals surface area contributed by atoms with Gasteiger partial charge in [-0.1, -0.05) is 18.2 Å². The van der Waals surface area contributed by atoms with Crippen LogP contribution in [0.3, 0.4) is 0 Å². The number of carbonyl (C=O) groups is 7. The molecule has 1 saturated carbocycles. The molecule has 66 heavy (non-hydrogen) atoms. The first kappa shape index (κ1) is 44.1. The summed E-state index contributed by atoms with van der Waals surface area (Å²) in [4.78, 5) is 104. The molecule has 21 heteroatoms. The van der Waals surface area contributed by atoms with Gasteiger partial charge in [-0.3, -0.25) is 57.6 Å². The standard InChI is InChI=1S/C45H43N9O10S2/c1-66(62,63)53-14-10-30(25-53)39(57)47-24-38(56)50-44-48-34(26-65-44)29-4-2-3-27(21-29)28-9-13-46-36(22-28)45(11-12-45)43(61)52-17-15-51(16-18-52)19-20-64-31-5-6-32-33(23-31)42(60)54(41(32)59)35-7-8-37(55)49-40(35)58/h2-6,9-10,13-14,21-23,25-26,35H,7-8,11-12,15-20,24H2,1H3,(H,47,57)(H,48,50,56)(H,49,55,58). The van der Waals surface area contributed by atoms with Crippen LogP contribution in [0, 0.1) is 0 Å². The van der Waals surface area contributed by atoms with E-state index in [0.717, 1.165) is 37.5 Å². The van der Waals surface area contributed by atoms with Crippen molar-refractivity contribution in [1.29, 1.82) is 0 Å². The molecule has 5 aromatic rings. The Morgan fingerprint density at radius 2 is 1.68 bits per heavy atom. The van der Waals surface area contributed by atoms with Gasteiger partial charge in [0, 0.05) is 68.7 Å². The lowest BCUT2D eigenvalue weighted by molar-refractivity contribution is -0.137. The molecule has 9 rings (SSSR count). The van der Waals surface area contributed by atoms with Crippen molar-refractivity contribution in [1.82, 2.24) is 39.3 Å². The van der Waals surface area contributed by atoms with Gasteiger partial charge in [-0.15, -0.1) is 11.3 Å². The van der Waals surface area contributed by atoms with E-state index in [1.54, 1.807) is 12.3 Å². The maximum absolute atomic E-state index is 14.1. The molecule has 7 amide bonds. The highest BCUT2D eigenvalue weighted by Crippen LogP contribution is 2.49. The second-order valence-corrected chi connectivity index (χ2v) is 19.2. The number of rotatable bonds is 14. The summed E-state index contributed by atoms with van der Waals surface area (Å²) in [6.45, 7) is 2.91. The van der Waals surface area contributed by atoms with Crippen LogP contribution in [0.2, 0.25) is 0 Å². The van der Waals surface area contributed by atoms with E-state index in [9.17, 15) is 42.0 Å². The van der Waals surface area contributed by atoms with E-state index in [1.807, 2.05) is 46.7 Å². The first-order valence-corrected chi connectivity index (χ1v) is 23.9. The number of hydrogen-bond acceptors (Lipinski definition) is 14. The number of benzene rings is 2. The Kier molecular flexibility index (Phi) is 11.8. The highest BCUT2D eigenvalue weighted by Gasteiger charge is 2.54. The molecule has 340 valence electrons. The lowest BCUT2D eigenvalue weighted by Crippen LogP contribution is -2.54. The van der Waals surface area contributed by atoms with Crippen molar-refractivity contribution in [2.24, 2.45) is 0 Å². The number of amides is 7. The molecular formula is C45H43N9O10S2. The first-order chi connectivity index (χ1) is 31.7. The summed E-state index contributed by atoms with van der Waals surface area (Å²) in [6.07, 6.45) is 6.68. The van der Waals surface area contributed by atoms with E-state index in [-0.39, 0.29) is 42.0 Å². The summed E-state index contributed by atoms with van der Waals surface area (Å²) in [5.74, 6) is -2.90. The number of nitrogens with zero attached hydrogens (tertiary/aromatic N) is 6. The highest BCUT2D eigenvalue weighted by molar-refractivity contribution is 7.89. The quantitative estimate of drug-likeness (QED) is 0.136. The fourth-order valence-corrected chi connectivity index (χ4v) is 9.67. The molecule has 1 atom stereocenters. The van der Waals surface area contributed by atoms with Gasteiger partial charge in [0.15, 0.2) is 5.13 Å². The van der Waals surface area contributed by atoms with E-state index >= 15 is 0 Å². The number of nitrogens with one attached hydrogen (secondary N) is 3. The number of hydrogen-bond donors (Lipinski definition) is 3. The largest absolute Gasteiger partial charge is 0.492 e.